The number of hydrogen-bond acceptors (Lipinski definition) is 5. The van der Waals surface area contributed by atoms with Crippen molar-refractivity contribution < 1.29 is 13.5 Å². The zero-order valence-corrected chi connectivity index (χ0v) is 12.0. The maximum Gasteiger partial charge on any atom is 0.244 e. The largest absolute Gasteiger partial charge is 0.390 e. The average molecular weight is 296 g/mol. The Balaban J connectivity index is 2.30. The molecule has 7 nitrogen and oxygen atoms in total. The van der Waals surface area contributed by atoms with Gasteiger partial charge in [0.25, 0.3) is 0 Å². The molecule has 0 aromatic carbocycles. The molecule has 108 valence electrons. The van der Waals surface area contributed by atoms with E-state index in [9.17, 15) is 8.42 Å². The van der Waals surface area contributed by atoms with Crippen LogP contribution in [0.3, 0.4) is 0 Å². The van der Waals surface area contributed by atoms with Gasteiger partial charge in [0.15, 0.2) is 0 Å². The molecule has 0 radical (unpaired) electrons. The number of rotatable bonds is 5. The Morgan fingerprint density at radius 2 is 2.25 bits per heavy atom. The number of aliphatic hydroxyl groups is 1. The standard InChI is InChI=1S/C12H16N4O3S/c1-8(10-4-3-5-13-6-10)16-20(18,19)12-9(2)14-15-11(12)7-17/h3-6,8,16-17H,7H2,1-2H3,(H,14,15). The molecule has 0 saturated carbocycles. The van der Waals surface area contributed by atoms with E-state index >= 15 is 0 Å². The number of H-pyrrole nitrogens is 1. The minimum Gasteiger partial charge on any atom is -0.390 e. The highest BCUT2D eigenvalue weighted by Gasteiger charge is 2.25. The second-order valence-electron chi connectivity index (χ2n) is 4.41. The highest BCUT2D eigenvalue weighted by atomic mass is 32.2. The fourth-order valence-electron chi connectivity index (χ4n) is 1.92. The molecule has 0 bridgehead atoms. The number of sulfonamides is 1. The predicted molar refractivity (Wildman–Crippen MR) is 72.2 cm³/mol. The highest BCUT2D eigenvalue weighted by Crippen LogP contribution is 2.20. The van der Waals surface area contributed by atoms with Crippen molar-refractivity contribution in [1.82, 2.24) is 19.9 Å². The van der Waals surface area contributed by atoms with Crippen LogP contribution in [0.25, 0.3) is 0 Å². The van der Waals surface area contributed by atoms with E-state index in [0.717, 1.165) is 5.56 Å². The lowest BCUT2D eigenvalue weighted by atomic mass is 10.2. The maximum absolute atomic E-state index is 12.4. The van der Waals surface area contributed by atoms with Crippen LogP contribution in [0.4, 0.5) is 0 Å². The summed E-state index contributed by atoms with van der Waals surface area (Å²) in [6.07, 6.45) is 3.22. The van der Waals surface area contributed by atoms with Gasteiger partial charge >= 0.3 is 0 Å². The summed E-state index contributed by atoms with van der Waals surface area (Å²) in [5.74, 6) is 0. The summed E-state index contributed by atoms with van der Waals surface area (Å²) < 4.78 is 27.3. The number of nitrogens with zero attached hydrogens (tertiary/aromatic N) is 2. The number of pyridine rings is 1. The van der Waals surface area contributed by atoms with Crippen molar-refractivity contribution in [3.63, 3.8) is 0 Å². The second kappa shape index (κ2) is 5.70. The number of nitrogens with one attached hydrogen (secondary N) is 2. The van der Waals surface area contributed by atoms with Crippen LogP contribution in [0, 0.1) is 6.92 Å². The van der Waals surface area contributed by atoms with Crippen LogP contribution in [0.15, 0.2) is 29.4 Å². The molecule has 8 heteroatoms. The molecule has 2 aromatic heterocycles. The molecule has 1 unspecified atom stereocenters. The number of aliphatic hydroxyl groups excluding tert-OH is 1. The Morgan fingerprint density at radius 3 is 2.85 bits per heavy atom. The van der Waals surface area contributed by atoms with E-state index < -0.39 is 22.7 Å². The second-order valence-corrected chi connectivity index (χ2v) is 6.06. The molecule has 0 aliphatic rings. The van der Waals surface area contributed by atoms with Crippen molar-refractivity contribution >= 4 is 10.0 Å². The summed E-state index contributed by atoms with van der Waals surface area (Å²) in [4.78, 5) is 3.95. The van der Waals surface area contributed by atoms with Crippen molar-refractivity contribution in [2.75, 3.05) is 0 Å². The van der Waals surface area contributed by atoms with Gasteiger partial charge in [0.2, 0.25) is 10.0 Å². The Hall–Kier alpha value is -1.77. The third kappa shape index (κ3) is 2.87. The summed E-state index contributed by atoms with van der Waals surface area (Å²) in [6.45, 7) is 2.87. The predicted octanol–water partition coefficient (Wildman–Crippen LogP) is 0.645. The molecule has 2 heterocycles. The number of hydrogen-bond donors (Lipinski definition) is 3. The van der Waals surface area contributed by atoms with Crippen molar-refractivity contribution in [2.45, 2.75) is 31.4 Å². The minimum absolute atomic E-state index is 0.00394. The molecule has 0 fully saturated rings. The molecule has 0 aliphatic heterocycles. The number of aromatic amines is 1. The first kappa shape index (κ1) is 14.6. The van der Waals surface area contributed by atoms with Crippen LogP contribution in [0.1, 0.15) is 29.9 Å². The summed E-state index contributed by atoms with van der Waals surface area (Å²) in [5.41, 5.74) is 1.25. The van der Waals surface area contributed by atoms with Gasteiger partial charge in [-0.2, -0.15) is 5.10 Å². The summed E-state index contributed by atoms with van der Waals surface area (Å²) in [7, 11) is -3.77. The third-order valence-corrected chi connectivity index (χ3v) is 4.64. The number of aromatic nitrogens is 3. The molecule has 2 aromatic rings. The molecule has 3 N–H and O–H groups in total. The topological polar surface area (TPSA) is 108 Å². The van der Waals surface area contributed by atoms with Gasteiger partial charge in [-0.25, -0.2) is 13.1 Å². The smallest absolute Gasteiger partial charge is 0.244 e. The first-order valence-corrected chi connectivity index (χ1v) is 7.51. The normalized spacial score (nSPS) is 13.3. The lowest BCUT2D eigenvalue weighted by molar-refractivity contribution is 0.273. The zero-order chi connectivity index (χ0) is 14.8. The van der Waals surface area contributed by atoms with Gasteiger partial charge in [0, 0.05) is 18.4 Å². The van der Waals surface area contributed by atoms with Gasteiger partial charge in [-0.05, 0) is 25.5 Å². The molecule has 0 aliphatic carbocycles. The molecule has 0 amide bonds. The molecule has 0 spiro atoms. The van der Waals surface area contributed by atoms with Crippen molar-refractivity contribution in [3.8, 4) is 0 Å². The van der Waals surface area contributed by atoms with E-state index in [4.69, 9.17) is 5.11 Å². The molecular formula is C12H16N4O3S. The fourth-order valence-corrected chi connectivity index (χ4v) is 3.51. The third-order valence-electron chi connectivity index (χ3n) is 2.90. The SMILES string of the molecule is Cc1[nH]nc(CO)c1S(=O)(=O)NC(C)c1cccnc1. The summed E-state index contributed by atoms with van der Waals surface area (Å²) in [6, 6.07) is 3.09. The maximum atomic E-state index is 12.4. The van der Waals surface area contributed by atoms with Gasteiger partial charge in [-0.3, -0.25) is 10.1 Å². The van der Waals surface area contributed by atoms with E-state index in [1.807, 2.05) is 0 Å². The summed E-state index contributed by atoms with van der Waals surface area (Å²) >= 11 is 0. The Kier molecular flexibility index (Phi) is 4.17. The quantitative estimate of drug-likeness (QED) is 0.750. The van der Waals surface area contributed by atoms with Gasteiger partial charge in [0.1, 0.15) is 10.6 Å². The molecule has 2 rings (SSSR count). The fraction of sp³-hybridized carbons (Fsp3) is 0.333. The van der Waals surface area contributed by atoms with E-state index in [0.29, 0.717) is 5.69 Å². The number of aryl methyl sites for hydroxylation is 1. The first-order valence-electron chi connectivity index (χ1n) is 6.02. The van der Waals surface area contributed by atoms with Crippen LogP contribution in [-0.2, 0) is 16.6 Å². The van der Waals surface area contributed by atoms with Gasteiger partial charge < -0.3 is 5.11 Å². The molecule has 1 atom stereocenters. The van der Waals surface area contributed by atoms with E-state index in [1.165, 1.54) is 0 Å². The van der Waals surface area contributed by atoms with Gasteiger partial charge in [0.05, 0.1) is 12.3 Å². The van der Waals surface area contributed by atoms with E-state index in [-0.39, 0.29) is 10.6 Å². The Labute approximate surface area is 117 Å². The van der Waals surface area contributed by atoms with Crippen molar-refractivity contribution in [1.29, 1.82) is 0 Å². The molecular weight excluding hydrogens is 280 g/mol. The highest BCUT2D eigenvalue weighted by molar-refractivity contribution is 7.89. The van der Waals surface area contributed by atoms with Crippen LogP contribution >= 0.6 is 0 Å². The average Bonchev–Trinajstić information content (AvgIpc) is 2.81. The monoisotopic (exact) mass is 296 g/mol. The molecule has 20 heavy (non-hydrogen) atoms. The lowest BCUT2D eigenvalue weighted by Crippen LogP contribution is -2.28. The minimum atomic E-state index is -3.77. The lowest BCUT2D eigenvalue weighted by Gasteiger charge is -2.14. The van der Waals surface area contributed by atoms with Crippen LogP contribution in [0.5, 0.6) is 0 Å². The molecule has 0 saturated heterocycles. The van der Waals surface area contributed by atoms with Gasteiger partial charge in [-0.1, -0.05) is 6.07 Å². The van der Waals surface area contributed by atoms with E-state index in [2.05, 4.69) is 19.9 Å². The van der Waals surface area contributed by atoms with Crippen molar-refractivity contribution in [3.05, 3.63) is 41.5 Å². The van der Waals surface area contributed by atoms with Crippen molar-refractivity contribution in [2.24, 2.45) is 0 Å². The zero-order valence-electron chi connectivity index (χ0n) is 11.2. The Morgan fingerprint density at radius 1 is 1.50 bits per heavy atom. The summed E-state index contributed by atoms with van der Waals surface area (Å²) in [5, 5.41) is 15.5. The van der Waals surface area contributed by atoms with Gasteiger partial charge in [-0.15, -0.1) is 0 Å². The van der Waals surface area contributed by atoms with Crippen LogP contribution < -0.4 is 4.72 Å². The Bertz CT molecular complexity index is 682. The van der Waals surface area contributed by atoms with Crippen LogP contribution in [-0.4, -0.2) is 28.7 Å². The van der Waals surface area contributed by atoms with E-state index in [1.54, 1.807) is 38.4 Å². The van der Waals surface area contributed by atoms with Crippen LogP contribution in [0.2, 0.25) is 0 Å². The first-order chi connectivity index (χ1) is 9.45.